The van der Waals surface area contributed by atoms with E-state index in [4.69, 9.17) is 0 Å². The van der Waals surface area contributed by atoms with Crippen molar-refractivity contribution in [2.24, 2.45) is 5.41 Å². The molecule has 0 saturated carbocycles. The predicted molar refractivity (Wildman–Crippen MR) is 94.3 cm³/mol. The third kappa shape index (κ3) is 3.77. The summed E-state index contributed by atoms with van der Waals surface area (Å²) in [4.78, 5) is 25.9. The van der Waals surface area contributed by atoms with E-state index in [1.165, 1.54) is 0 Å². The van der Waals surface area contributed by atoms with Crippen molar-refractivity contribution in [2.75, 3.05) is 13.1 Å². The number of aromatic nitrogens is 2. The summed E-state index contributed by atoms with van der Waals surface area (Å²) >= 11 is 0. The molecule has 1 aromatic carbocycles. The first-order valence-electron chi connectivity index (χ1n) is 8.72. The molecule has 7 nitrogen and oxygen atoms in total. The van der Waals surface area contributed by atoms with Crippen LogP contribution in [0.3, 0.4) is 0 Å². The van der Waals surface area contributed by atoms with Gasteiger partial charge in [0.25, 0.3) is 0 Å². The van der Waals surface area contributed by atoms with Crippen LogP contribution in [-0.2, 0) is 22.6 Å². The van der Waals surface area contributed by atoms with Crippen LogP contribution in [0.1, 0.15) is 18.4 Å². The molecule has 2 heterocycles. The van der Waals surface area contributed by atoms with Gasteiger partial charge in [0.05, 0.1) is 6.10 Å². The van der Waals surface area contributed by atoms with E-state index in [9.17, 15) is 19.8 Å². The van der Waals surface area contributed by atoms with Crippen LogP contribution >= 0.6 is 0 Å². The number of carbonyl (C=O) groups is 2. The zero-order valence-corrected chi connectivity index (χ0v) is 14.5. The van der Waals surface area contributed by atoms with E-state index in [0.717, 1.165) is 5.56 Å². The van der Waals surface area contributed by atoms with Gasteiger partial charge in [-0.2, -0.15) is 5.10 Å². The molecule has 0 spiro atoms. The van der Waals surface area contributed by atoms with Crippen LogP contribution < -0.4 is 0 Å². The van der Waals surface area contributed by atoms with E-state index in [-0.39, 0.29) is 31.7 Å². The molecule has 7 heteroatoms. The van der Waals surface area contributed by atoms with Gasteiger partial charge in [-0.25, -0.2) is 0 Å². The fraction of sp³-hybridized carbons (Fsp3) is 0.421. The Bertz CT molecular complexity index is 747. The van der Waals surface area contributed by atoms with Gasteiger partial charge in [-0.1, -0.05) is 30.3 Å². The lowest BCUT2D eigenvalue weighted by molar-refractivity contribution is -0.166. The van der Waals surface area contributed by atoms with Crippen molar-refractivity contribution >= 4 is 11.9 Å². The van der Waals surface area contributed by atoms with E-state index in [1.54, 1.807) is 28.0 Å². The number of aliphatic carboxylic acids is 1. The van der Waals surface area contributed by atoms with Crippen LogP contribution in [0.4, 0.5) is 0 Å². The third-order valence-corrected chi connectivity index (χ3v) is 5.11. The van der Waals surface area contributed by atoms with Gasteiger partial charge in [-0.3, -0.25) is 14.3 Å². The summed E-state index contributed by atoms with van der Waals surface area (Å²) in [6.07, 6.45) is 3.08. The molecule has 2 N–H and O–H groups in total. The summed E-state index contributed by atoms with van der Waals surface area (Å²) in [6.45, 7) is 0.831. The summed E-state index contributed by atoms with van der Waals surface area (Å²) < 4.78 is 1.68. The molecule has 0 aliphatic carbocycles. The molecular formula is C19H23N3O4. The van der Waals surface area contributed by atoms with Crippen LogP contribution in [0.5, 0.6) is 0 Å². The van der Waals surface area contributed by atoms with E-state index >= 15 is 0 Å². The minimum atomic E-state index is -1.26. The fourth-order valence-electron chi connectivity index (χ4n) is 3.49. The number of amides is 1. The van der Waals surface area contributed by atoms with Crippen molar-refractivity contribution in [3.63, 3.8) is 0 Å². The van der Waals surface area contributed by atoms with E-state index in [0.29, 0.717) is 13.1 Å². The SMILES string of the molecule is O=C(CCn1cccn1)N1CC[C@](Cc2ccccc2)(C(=O)O)[C@H](O)C1. The molecule has 1 aliphatic rings. The Morgan fingerprint density at radius 3 is 2.62 bits per heavy atom. The Labute approximate surface area is 151 Å². The Hall–Kier alpha value is -2.67. The number of rotatable bonds is 6. The second kappa shape index (κ2) is 7.70. The summed E-state index contributed by atoms with van der Waals surface area (Å²) in [6, 6.07) is 11.1. The number of hydrogen-bond donors (Lipinski definition) is 2. The molecule has 26 heavy (non-hydrogen) atoms. The lowest BCUT2D eigenvalue weighted by Gasteiger charge is -2.43. The number of aryl methyl sites for hydroxylation is 1. The largest absolute Gasteiger partial charge is 0.481 e. The molecule has 1 amide bonds. The molecule has 0 bridgehead atoms. The second-order valence-corrected chi connectivity index (χ2v) is 6.75. The number of carboxylic acids is 1. The minimum Gasteiger partial charge on any atom is -0.481 e. The number of likely N-dealkylation sites (tertiary alicyclic amines) is 1. The van der Waals surface area contributed by atoms with Crippen molar-refractivity contribution in [2.45, 2.75) is 31.9 Å². The summed E-state index contributed by atoms with van der Waals surface area (Å²) in [5.41, 5.74) is -0.396. The van der Waals surface area contributed by atoms with Crippen molar-refractivity contribution < 1.29 is 19.8 Å². The van der Waals surface area contributed by atoms with Crippen LogP contribution in [-0.4, -0.2) is 56.0 Å². The van der Waals surface area contributed by atoms with Gasteiger partial charge in [0.1, 0.15) is 5.41 Å². The van der Waals surface area contributed by atoms with Gasteiger partial charge in [0, 0.05) is 38.4 Å². The van der Waals surface area contributed by atoms with Crippen molar-refractivity contribution in [1.29, 1.82) is 0 Å². The van der Waals surface area contributed by atoms with Crippen molar-refractivity contribution in [3.05, 3.63) is 54.4 Å². The van der Waals surface area contributed by atoms with E-state index < -0.39 is 17.5 Å². The van der Waals surface area contributed by atoms with Gasteiger partial charge in [0.2, 0.25) is 5.91 Å². The number of piperidine rings is 1. The number of β-amino-alcohol motifs (C(OH)–C–C–N with tert-alkyl or cyclic N) is 1. The number of carboxylic acid groups (broad SMARTS) is 1. The Kier molecular flexibility index (Phi) is 5.37. The third-order valence-electron chi connectivity index (χ3n) is 5.11. The number of benzene rings is 1. The predicted octanol–water partition coefficient (Wildman–Crippen LogP) is 1.18. The van der Waals surface area contributed by atoms with Crippen LogP contribution in [0.25, 0.3) is 0 Å². The standard InChI is InChI=1S/C19H23N3O4/c23-16-14-21(17(24)7-11-22-10-4-9-20-22)12-8-19(16,18(25)26)13-15-5-2-1-3-6-15/h1-6,9-10,16,23H,7-8,11-14H2,(H,25,26)/t16-,19-/m1/s1. The normalized spacial score (nSPS) is 23.0. The molecule has 2 atom stereocenters. The Morgan fingerprint density at radius 1 is 1.23 bits per heavy atom. The van der Waals surface area contributed by atoms with E-state index in [2.05, 4.69) is 5.10 Å². The molecule has 3 rings (SSSR count). The molecule has 1 aromatic heterocycles. The number of nitrogens with zero attached hydrogens (tertiary/aromatic N) is 3. The average molecular weight is 357 g/mol. The molecule has 0 unspecified atom stereocenters. The highest BCUT2D eigenvalue weighted by molar-refractivity contribution is 5.79. The van der Waals surface area contributed by atoms with Crippen molar-refractivity contribution in [3.8, 4) is 0 Å². The monoisotopic (exact) mass is 357 g/mol. The molecule has 0 radical (unpaired) electrons. The number of hydrogen-bond acceptors (Lipinski definition) is 4. The second-order valence-electron chi connectivity index (χ2n) is 6.75. The summed E-state index contributed by atoms with van der Waals surface area (Å²) in [7, 11) is 0. The smallest absolute Gasteiger partial charge is 0.312 e. The Morgan fingerprint density at radius 2 is 2.00 bits per heavy atom. The summed E-state index contributed by atoms with van der Waals surface area (Å²) in [5.74, 6) is -1.12. The van der Waals surface area contributed by atoms with Gasteiger partial charge < -0.3 is 15.1 Å². The lowest BCUT2D eigenvalue weighted by atomic mass is 9.71. The zero-order valence-electron chi connectivity index (χ0n) is 14.5. The van der Waals surface area contributed by atoms with Gasteiger partial charge in [-0.15, -0.1) is 0 Å². The first-order chi connectivity index (χ1) is 12.5. The molecule has 1 fully saturated rings. The number of carbonyl (C=O) groups excluding carboxylic acids is 1. The topological polar surface area (TPSA) is 95.7 Å². The average Bonchev–Trinajstić information content (AvgIpc) is 3.15. The maximum Gasteiger partial charge on any atom is 0.312 e. The minimum absolute atomic E-state index is 0.0388. The maximum atomic E-state index is 12.4. The highest BCUT2D eigenvalue weighted by atomic mass is 16.4. The molecule has 138 valence electrons. The number of aliphatic hydroxyl groups is 1. The quantitative estimate of drug-likeness (QED) is 0.809. The maximum absolute atomic E-state index is 12.4. The van der Waals surface area contributed by atoms with Gasteiger partial charge in [0.15, 0.2) is 0 Å². The zero-order chi connectivity index (χ0) is 18.6. The fourth-order valence-corrected chi connectivity index (χ4v) is 3.49. The highest BCUT2D eigenvalue weighted by Crippen LogP contribution is 2.36. The first kappa shape index (κ1) is 18.1. The lowest BCUT2D eigenvalue weighted by Crippen LogP contribution is -2.57. The summed E-state index contributed by atoms with van der Waals surface area (Å²) in [5, 5.41) is 24.5. The van der Waals surface area contributed by atoms with Crippen LogP contribution in [0, 0.1) is 5.41 Å². The Balaban J connectivity index is 1.65. The first-order valence-corrected chi connectivity index (χ1v) is 8.72. The van der Waals surface area contributed by atoms with Crippen LogP contribution in [0.15, 0.2) is 48.8 Å². The molecule has 1 saturated heterocycles. The number of aliphatic hydroxyl groups excluding tert-OH is 1. The molecule has 2 aromatic rings. The van der Waals surface area contributed by atoms with E-state index in [1.807, 2.05) is 30.3 Å². The highest BCUT2D eigenvalue weighted by Gasteiger charge is 2.49. The molecule has 1 aliphatic heterocycles. The molecular weight excluding hydrogens is 334 g/mol. The van der Waals surface area contributed by atoms with Gasteiger partial charge in [-0.05, 0) is 24.5 Å². The van der Waals surface area contributed by atoms with Crippen LogP contribution in [0.2, 0.25) is 0 Å². The van der Waals surface area contributed by atoms with Gasteiger partial charge >= 0.3 is 5.97 Å². The van der Waals surface area contributed by atoms with Crippen molar-refractivity contribution in [1.82, 2.24) is 14.7 Å².